The summed E-state index contributed by atoms with van der Waals surface area (Å²) in [7, 11) is 0. The molecule has 2 unspecified atom stereocenters. The molecule has 0 saturated heterocycles. The molecule has 1 rings (SSSR count). The monoisotopic (exact) mass is 268 g/mol. The summed E-state index contributed by atoms with van der Waals surface area (Å²) < 4.78 is 0. The summed E-state index contributed by atoms with van der Waals surface area (Å²) in [5.41, 5.74) is 0.616. The zero-order chi connectivity index (χ0) is 14.3. The first-order valence-corrected chi connectivity index (χ1v) is 6.35. The molecule has 0 aliphatic carbocycles. The summed E-state index contributed by atoms with van der Waals surface area (Å²) in [6, 6.07) is 5.80. The quantitative estimate of drug-likeness (QED) is 0.489. The summed E-state index contributed by atoms with van der Waals surface area (Å²) in [6.45, 7) is 2.73. The maximum atomic E-state index is 10.5. The molecule has 0 aliphatic heterocycles. The number of non-ortho nitro benzene ring substituents is 1. The Kier molecular flexibility index (Phi) is 6.41. The molecular weight excluding hydrogens is 248 g/mol. The number of nitro groups is 1. The molecule has 0 aromatic heterocycles. The number of aliphatic hydroxyl groups is 2. The van der Waals surface area contributed by atoms with Crippen LogP contribution in [0.2, 0.25) is 0 Å². The van der Waals surface area contributed by atoms with Crippen molar-refractivity contribution in [1.82, 2.24) is 5.32 Å². The van der Waals surface area contributed by atoms with Crippen LogP contribution < -0.4 is 5.32 Å². The molecule has 19 heavy (non-hydrogen) atoms. The van der Waals surface area contributed by atoms with Crippen molar-refractivity contribution in [2.24, 2.45) is 0 Å². The zero-order valence-electron chi connectivity index (χ0n) is 11.0. The van der Waals surface area contributed by atoms with Crippen LogP contribution >= 0.6 is 0 Å². The number of nitrogens with zero attached hydrogens (tertiary/aromatic N) is 1. The fourth-order valence-corrected chi connectivity index (χ4v) is 1.76. The van der Waals surface area contributed by atoms with Gasteiger partial charge in [-0.1, -0.05) is 13.3 Å². The highest BCUT2D eigenvalue weighted by atomic mass is 16.6. The second kappa shape index (κ2) is 7.83. The highest BCUT2D eigenvalue weighted by Crippen LogP contribution is 2.17. The minimum atomic E-state index is -0.741. The smallest absolute Gasteiger partial charge is 0.269 e. The Balaban J connectivity index is 2.40. The number of rotatable bonds is 8. The number of nitro benzene ring substituents is 1. The van der Waals surface area contributed by atoms with Gasteiger partial charge in [-0.25, -0.2) is 0 Å². The SMILES string of the molecule is CCCC(O)CNCC(O)c1ccc([N+](=O)[O-])cc1. The van der Waals surface area contributed by atoms with Crippen LogP contribution in [-0.4, -0.2) is 34.3 Å². The summed E-state index contributed by atoms with van der Waals surface area (Å²) in [6.07, 6.45) is 0.484. The predicted molar refractivity (Wildman–Crippen MR) is 71.8 cm³/mol. The Morgan fingerprint density at radius 1 is 1.26 bits per heavy atom. The Hall–Kier alpha value is -1.50. The second-order valence-corrected chi connectivity index (χ2v) is 4.47. The van der Waals surface area contributed by atoms with Crippen LogP contribution in [0.1, 0.15) is 31.4 Å². The van der Waals surface area contributed by atoms with E-state index in [1.165, 1.54) is 24.3 Å². The molecule has 0 fully saturated rings. The average molecular weight is 268 g/mol. The zero-order valence-corrected chi connectivity index (χ0v) is 11.0. The van der Waals surface area contributed by atoms with Crippen molar-refractivity contribution < 1.29 is 15.1 Å². The maximum Gasteiger partial charge on any atom is 0.269 e. The molecule has 0 bridgehead atoms. The van der Waals surface area contributed by atoms with Gasteiger partial charge in [0.15, 0.2) is 0 Å². The molecule has 0 spiro atoms. The lowest BCUT2D eigenvalue weighted by atomic mass is 10.1. The summed E-state index contributed by atoms with van der Waals surface area (Å²) in [4.78, 5) is 10.0. The molecule has 0 saturated carbocycles. The lowest BCUT2D eigenvalue weighted by molar-refractivity contribution is -0.384. The van der Waals surface area contributed by atoms with E-state index in [1.54, 1.807) is 0 Å². The lowest BCUT2D eigenvalue weighted by Gasteiger charge is -2.14. The molecule has 1 aromatic carbocycles. The van der Waals surface area contributed by atoms with Crippen LogP contribution in [0.4, 0.5) is 5.69 Å². The van der Waals surface area contributed by atoms with Crippen molar-refractivity contribution in [2.45, 2.75) is 32.0 Å². The van der Waals surface area contributed by atoms with Crippen molar-refractivity contribution >= 4 is 5.69 Å². The van der Waals surface area contributed by atoms with Crippen molar-refractivity contribution in [3.63, 3.8) is 0 Å². The minimum Gasteiger partial charge on any atom is -0.392 e. The Morgan fingerprint density at radius 3 is 2.42 bits per heavy atom. The van der Waals surface area contributed by atoms with Crippen LogP contribution in [0.5, 0.6) is 0 Å². The van der Waals surface area contributed by atoms with E-state index < -0.39 is 17.1 Å². The maximum absolute atomic E-state index is 10.5. The van der Waals surface area contributed by atoms with Crippen LogP contribution in [-0.2, 0) is 0 Å². The first kappa shape index (κ1) is 15.6. The molecule has 2 atom stereocenters. The largest absolute Gasteiger partial charge is 0.392 e. The van der Waals surface area contributed by atoms with E-state index in [0.29, 0.717) is 18.7 Å². The number of nitrogens with one attached hydrogen (secondary N) is 1. The lowest BCUT2D eigenvalue weighted by Crippen LogP contribution is -2.30. The molecule has 1 aromatic rings. The highest BCUT2D eigenvalue weighted by molar-refractivity contribution is 5.33. The second-order valence-electron chi connectivity index (χ2n) is 4.47. The van der Waals surface area contributed by atoms with Gasteiger partial charge in [-0.05, 0) is 24.1 Å². The van der Waals surface area contributed by atoms with E-state index in [9.17, 15) is 20.3 Å². The Bertz CT molecular complexity index is 394. The van der Waals surface area contributed by atoms with Gasteiger partial charge < -0.3 is 15.5 Å². The van der Waals surface area contributed by atoms with Crippen LogP contribution in [0.25, 0.3) is 0 Å². The minimum absolute atomic E-state index is 0.00211. The van der Waals surface area contributed by atoms with E-state index in [1.807, 2.05) is 6.92 Å². The Labute approximate surface area is 112 Å². The van der Waals surface area contributed by atoms with E-state index in [-0.39, 0.29) is 5.69 Å². The van der Waals surface area contributed by atoms with Gasteiger partial charge in [0.2, 0.25) is 0 Å². The molecule has 0 amide bonds. The fourth-order valence-electron chi connectivity index (χ4n) is 1.76. The molecule has 3 N–H and O–H groups in total. The van der Waals surface area contributed by atoms with E-state index in [0.717, 1.165) is 12.8 Å². The van der Waals surface area contributed by atoms with Gasteiger partial charge in [-0.2, -0.15) is 0 Å². The van der Waals surface area contributed by atoms with E-state index in [4.69, 9.17) is 0 Å². The third-order valence-corrected chi connectivity index (χ3v) is 2.83. The Morgan fingerprint density at radius 2 is 1.89 bits per heavy atom. The van der Waals surface area contributed by atoms with Crippen molar-refractivity contribution in [2.75, 3.05) is 13.1 Å². The van der Waals surface area contributed by atoms with Gasteiger partial charge in [-0.3, -0.25) is 10.1 Å². The third-order valence-electron chi connectivity index (χ3n) is 2.83. The van der Waals surface area contributed by atoms with Crippen molar-refractivity contribution in [3.05, 3.63) is 39.9 Å². The van der Waals surface area contributed by atoms with E-state index in [2.05, 4.69) is 5.32 Å². The molecule has 6 nitrogen and oxygen atoms in total. The number of aliphatic hydroxyl groups excluding tert-OH is 2. The molecule has 0 radical (unpaired) electrons. The van der Waals surface area contributed by atoms with E-state index >= 15 is 0 Å². The number of hydrogen-bond donors (Lipinski definition) is 3. The highest BCUT2D eigenvalue weighted by Gasteiger charge is 2.11. The van der Waals surface area contributed by atoms with Crippen LogP contribution in [0, 0.1) is 10.1 Å². The number of hydrogen-bond acceptors (Lipinski definition) is 5. The summed E-state index contributed by atoms with van der Waals surface area (Å²) in [5, 5.41) is 32.9. The number of benzene rings is 1. The normalized spacial score (nSPS) is 14.1. The molecule has 6 heteroatoms. The fraction of sp³-hybridized carbons (Fsp3) is 0.538. The van der Waals surface area contributed by atoms with Crippen LogP contribution in [0.3, 0.4) is 0 Å². The molecule has 0 heterocycles. The summed E-state index contributed by atoms with van der Waals surface area (Å²) in [5.74, 6) is 0. The van der Waals surface area contributed by atoms with Gasteiger partial charge in [0.1, 0.15) is 0 Å². The van der Waals surface area contributed by atoms with Crippen LogP contribution in [0.15, 0.2) is 24.3 Å². The van der Waals surface area contributed by atoms with Crippen molar-refractivity contribution in [1.29, 1.82) is 0 Å². The third kappa shape index (κ3) is 5.34. The topological polar surface area (TPSA) is 95.6 Å². The van der Waals surface area contributed by atoms with Gasteiger partial charge in [0.05, 0.1) is 17.1 Å². The first-order chi connectivity index (χ1) is 9.04. The molecule has 0 aliphatic rings. The standard InChI is InChI=1S/C13H20N2O4/c1-2-3-12(16)8-14-9-13(17)10-4-6-11(7-5-10)15(18)19/h4-7,12-14,16-17H,2-3,8-9H2,1H3. The first-order valence-electron chi connectivity index (χ1n) is 6.35. The predicted octanol–water partition coefficient (Wildman–Crippen LogP) is 1.38. The van der Waals surface area contributed by atoms with Gasteiger partial charge in [-0.15, -0.1) is 0 Å². The van der Waals surface area contributed by atoms with Gasteiger partial charge >= 0.3 is 0 Å². The van der Waals surface area contributed by atoms with Gasteiger partial charge in [0.25, 0.3) is 5.69 Å². The van der Waals surface area contributed by atoms with Gasteiger partial charge in [0, 0.05) is 25.2 Å². The summed E-state index contributed by atoms with van der Waals surface area (Å²) >= 11 is 0. The molecular formula is C13H20N2O4. The average Bonchev–Trinajstić information content (AvgIpc) is 2.39. The molecule has 106 valence electrons. The van der Waals surface area contributed by atoms with Crippen molar-refractivity contribution in [3.8, 4) is 0 Å².